The SMILES string of the molecule is C[C@@H](Cn1cc(Cl)cn1)c1nc2c3c(ccc2n1[C@@H]1CCCNCC1)N(C(=O)O)[C@@H](C)CC3. The predicted molar refractivity (Wildman–Crippen MR) is 129 cm³/mol. The minimum Gasteiger partial charge on any atom is -0.465 e. The van der Waals surface area contributed by atoms with E-state index in [0.717, 1.165) is 73.3 Å². The third-order valence-corrected chi connectivity index (χ3v) is 7.30. The van der Waals surface area contributed by atoms with Crippen molar-refractivity contribution >= 4 is 34.4 Å². The van der Waals surface area contributed by atoms with E-state index >= 15 is 0 Å². The normalized spacial score (nSPS) is 22.2. The Bertz CT molecular complexity index is 1160. The van der Waals surface area contributed by atoms with Crippen LogP contribution in [0.2, 0.25) is 5.02 Å². The van der Waals surface area contributed by atoms with Crippen LogP contribution in [0, 0.1) is 0 Å². The Labute approximate surface area is 198 Å². The minimum atomic E-state index is -0.902. The topological polar surface area (TPSA) is 88.2 Å². The summed E-state index contributed by atoms with van der Waals surface area (Å²) < 4.78 is 4.30. The Hall–Kier alpha value is -2.58. The summed E-state index contributed by atoms with van der Waals surface area (Å²) in [5.41, 5.74) is 3.89. The third kappa shape index (κ3) is 4.10. The van der Waals surface area contributed by atoms with Gasteiger partial charge in [0.2, 0.25) is 0 Å². The number of fused-ring (bicyclic) bond motifs is 3. The highest BCUT2D eigenvalue weighted by Gasteiger charge is 2.32. The van der Waals surface area contributed by atoms with E-state index in [-0.39, 0.29) is 12.0 Å². The lowest BCUT2D eigenvalue weighted by molar-refractivity contribution is 0.198. The molecule has 0 saturated carbocycles. The Balaban J connectivity index is 1.64. The van der Waals surface area contributed by atoms with Gasteiger partial charge in [-0.1, -0.05) is 18.5 Å². The van der Waals surface area contributed by atoms with Crippen LogP contribution < -0.4 is 10.2 Å². The fourth-order valence-corrected chi connectivity index (χ4v) is 5.65. The summed E-state index contributed by atoms with van der Waals surface area (Å²) in [5, 5.41) is 18.4. The van der Waals surface area contributed by atoms with E-state index in [0.29, 0.717) is 17.6 Å². The van der Waals surface area contributed by atoms with Gasteiger partial charge in [-0.15, -0.1) is 0 Å². The molecule has 0 unspecified atom stereocenters. The smallest absolute Gasteiger partial charge is 0.412 e. The Morgan fingerprint density at radius 2 is 2.15 bits per heavy atom. The van der Waals surface area contributed by atoms with Gasteiger partial charge in [0.05, 0.1) is 34.5 Å². The molecule has 8 nitrogen and oxygen atoms in total. The van der Waals surface area contributed by atoms with E-state index in [1.807, 2.05) is 23.9 Å². The number of hydrogen-bond acceptors (Lipinski definition) is 4. The Morgan fingerprint density at radius 3 is 2.91 bits per heavy atom. The summed E-state index contributed by atoms with van der Waals surface area (Å²) in [6.45, 7) is 6.87. The molecule has 0 radical (unpaired) electrons. The number of amides is 1. The first kappa shape index (κ1) is 22.2. The highest BCUT2D eigenvalue weighted by atomic mass is 35.5. The van der Waals surface area contributed by atoms with Crippen LogP contribution in [0.25, 0.3) is 11.0 Å². The molecule has 9 heteroatoms. The first-order chi connectivity index (χ1) is 15.9. The van der Waals surface area contributed by atoms with Gasteiger partial charge in [-0.2, -0.15) is 5.10 Å². The second-order valence-electron chi connectivity index (χ2n) is 9.43. The van der Waals surface area contributed by atoms with E-state index in [1.54, 1.807) is 6.20 Å². The quantitative estimate of drug-likeness (QED) is 0.570. The second-order valence-corrected chi connectivity index (χ2v) is 9.86. The maximum Gasteiger partial charge on any atom is 0.412 e. The van der Waals surface area contributed by atoms with Gasteiger partial charge < -0.3 is 15.0 Å². The number of hydrogen-bond donors (Lipinski definition) is 2. The number of imidazole rings is 1. The number of halogens is 1. The molecule has 5 rings (SSSR count). The Morgan fingerprint density at radius 1 is 1.30 bits per heavy atom. The number of carbonyl (C=O) groups is 1. The molecule has 0 bridgehead atoms. The molecule has 1 aromatic carbocycles. The molecule has 1 fully saturated rings. The van der Waals surface area contributed by atoms with Gasteiger partial charge in [-0.25, -0.2) is 9.78 Å². The number of anilines is 1. The molecule has 2 aromatic heterocycles. The van der Waals surface area contributed by atoms with Crippen LogP contribution in [-0.4, -0.2) is 49.7 Å². The fraction of sp³-hybridized carbons (Fsp3) is 0.542. The molecule has 2 aliphatic heterocycles. The van der Waals surface area contributed by atoms with Crippen LogP contribution in [0.1, 0.15) is 62.9 Å². The average Bonchev–Trinajstić information content (AvgIpc) is 3.26. The van der Waals surface area contributed by atoms with Crippen LogP contribution >= 0.6 is 11.6 Å². The van der Waals surface area contributed by atoms with E-state index in [1.165, 1.54) is 4.90 Å². The molecule has 2 aliphatic rings. The van der Waals surface area contributed by atoms with Gasteiger partial charge in [-0.05, 0) is 64.3 Å². The van der Waals surface area contributed by atoms with E-state index in [4.69, 9.17) is 16.6 Å². The van der Waals surface area contributed by atoms with Crippen molar-refractivity contribution in [2.45, 2.75) is 70.5 Å². The van der Waals surface area contributed by atoms with Crippen molar-refractivity contribution in [1.82, 2.24) is 24.6 Å². The molecule has 4 heterocycles. The number of carboxylic acid groups (broad SMARTS) is 1. The predicted octanol–water partition coefficient (Wildman–Crippen LogP) is 4.82. The van der Waals surface area contributed by atoms with Gasteiger partial charge in [0.25, 0.3) is 0 Å². The van der Waals surface area contributed by atoms with Gasteiger partial charge in [-0.3, -0.25) is 9.58 Å². The molecule has 3 atom stereocenters. The summed E-state index contributed by atoms with van der Waals surface area (Å²) in [6, 6.07) is 4.38. The maximum atomic E-state index is 12.0. The van der Waals surface area contributed by atoms with Crippen LogP contribution in [-0.2, 0) is 13.0 Å². The molecule has 1 amide bonds. The first-order valence-corrected chi connectivity index (χ1v) is 12.3. The molecule has 176 valence electrons. The molecule has 33 heavy (non-hydrogen) atoms. The molecule has 1 saturated heterocycles. The zero-order valence-corrected chi connectivity index (χ0v) is 19.9. The van der Waals surface area contributed by atoms with Gasteiger partial charge in [0.1, 0.15) is 5.82 Å². The number of aryl methyl sites for hydroxylation is 1. The van der Waals surface area contributed by atoms with Gasteiger partial charge in [0.15, 0.2) is 0 Å². The lowest BCUT2D eigenvalue weighted by Gasteiger charge is -2.33. The molecule has 0 aliphatic carbocycles. The minimum absolute atomic E-state index is 0.0366. The number of rotatable bonds is 4. The zero-order chi connectivity index (χ0) is 23.1. The average molecular weight is 471 g/mol. The Kier molecular flexibility index (Phi) is 6.05. The molecule has 0 spiro atoms. The van der Waals surface area contributed by atoms with Crippen LogP contribution in [0.4, 0.5) is 10.5 Å². The summed E-state index contributed by atoms with van der Waals surface area (Å²) in [6.07, 6.45) is 7.51. The van der Waals surface area contributed by atoms with Crippen molar-refractivity contribution in [2.24, 2.45) is 0 Å². The standard InChI is InChI=1S/C24H31ClN6O2/c1-15(13-29-14-17(25)12-27-29)23-28-22-19-6-5-16(2)30(24(32)33)20(19)7-8-21(22)31(23)18-4-3-10-26-11-9-18/h7-8,12,14-16,18,26H,3-6,9-11,13H2,1-2H3,(H,32,33)/t15-,16-,18+/m0/s1. The molecule has 3 aromatic rings. The molecular weight excluding hydrogens is 440 g/mol. The molecular formula is C24H31ClN6O2. The summed E-state index contributed by atoms with van der Waals surface area (Å²) in [4.78, 5) is 18.7. The highest BCUT2D eigenvalue weighted by Crippen LogP contribution is 2.39. The number of benzene rings is 1. The number of nitrogens with one attached hydrogen (secondary N) is 1. The second kappa shape index (κ2) is 8.99. The number of aromatic nitrogens is 4. The lowest BCUT2D eigenvalue weighted by atomic mass is 9.95. The first-order valence-electron chi connectivity index (χ1n) is 11.9. The number of nitrogens with zero attached hydrogens (tertiary/aromatic N) is 5. The van der Waals surface area contributed by atoms with Crippen LogP contribution in [0.5, 0.6) is 0 Å². The van der Waals surface area contributed by atoms with Crippen LogP contribution in [0.3, 0.4) is 0 Å². The van der Waals surface area contributed by atoms with Crippen molar-refractivity contribution in [3.05, 3.63) is 40.9 Å². The fourth-order valence-electron chi connectivity index (χ4n) is 5.50. The van der Waals surface area contributed by atoms with Crippen LogP contribution in [0.15, 0.2) is 24.5 Å². The summed E-state index contributed by atoms with van der Waals surface area (Å²) in [5.74, 6) is 1.16. The lowest BCUT2D eigenvalue weighted by Crippen LogP contribution is -2.41. The van der Waals surface area contributed by atoms with Gasteiger partial charge in [0, 0.05) is 29.8 Å². The summed E-state index contributed by atoms with van der Waals surface area (Å²) >= 11 is 6.09. The van der Waals surface area contributed by atoms with Gasteiger partial charge >= 0.3 is 6.09 Å². The maximum absolute atomic E-state index is 12.0. The van der Waals surface area contributed by atoms with Crippen molar-refractivity contribution in [3.8, 4) is 0 Å². The van der Waals surface area contributed by atoms with Crippen molar-refractivity contribution in [1.29, 1.82) is 0 Å². The molecule has 2 N–H and O–H groups in total. The highest BCUT2D eigenvalue weighted by molar-refractivity contribution is 6.30. The van der Waals surface area contributed by atoms with E-state index in [9.17, 15) is 9.90 Å². The van der Waals surface area contributed by atoms with Crippen molar-refractivity contribution < 1.29 is 9.90 Å². The van der Waals surface area contributed by atoms with Crippen molar-refractivity contribution in [2.75, 3.05) is 18.0 Å². The van der Waals surface area contributed by atoms with E-state index < -0.39 is 6.09 Å². The van der Waals surface area contributed by atoms with E-state index in [2.05, 4.69) is 28.0 Å². The monoisotopic (exact) mass is 470 g/mol. The zero-order valence-electron chi connectivity index (χ0n) is 19.2. The third-order valence-electron chi connectivity index (χ3n) is 7.10. The van der Waals surface area contributed by atoms with Crippen molar-refractivity contribution in [3.63, 3.8) is 0 Å². The largest absolute Gasteiger partial charge is 0.465 e. The summed E-state index contributed by atoms with van der Waals surface area (Å²) in [7, 11) is 0.